The van der Waals surface area contributed by atoms with E-state index in [9.17, 15) is 4.79 Å². The number of hydrogen-bond donors (Lipinski definition) is 1. The molecule has 1 heterocycles. The average molecular weight is 158 g/mol. The molecule has 1 rings (SSSR count). The predicted molar refractivity (Wildman–Crippen MR) is 40.4 cm³/mol. The SMILES string of the molecule is C[C@H]1C[C@@H](C(=O)O)O[C@@H](C)C1. The molecule has 0 aromatic heterocycles. The van der Waals surface area contributed by atoms with Gasteiger partial charge < -0.3 is 9.84 Å². The summed E-state index contributed by atoms with van der Waals surface area (Å²) in [7, 11) is 0. The van der Waals surface area contributed by atoms with Crippen molar-refractivity contribution >= 4 is 5.97 Å². The Morgan fingerprint density at radius 1 is 1.45 bits per heavy atom. The zero-order valence-corrected chi connectivity index (χ0v) is 6.91. The van der Waals surface area contributed by atoms with Crippen molar-refractivity contribution in [1.29, 1.82) is 0 Å². The molecule has 0 aromatic rings. The van der Waals surface area contributed by atoms with E-state index in [0.717, 1.165) is 6.42 Å². The molecule has 1 aliphatic heterocycles. The molecule has 0 aliphatic carbocycles. The topological polar surface area (TPSA) is 46.5 Å². The van der Waals surface area contributed by atoms with Crippen LogP contribution in [0.25, 0.3) is 0 Å². The van der Waals surface area contributed by atoms with Crippen molar-refractivity contribution in [2.75, 3.05) is 0 Å². The van der Waals surface area contributed by atoms with Crippen LogP contribution in [0.15, 0.2) is 0 Å². The van der Waals surface area contributed by atoms with Crippen molar-refractivity contribution in [2.45, 2.75) is 38.9 Å². The average Bonchev–Trinajstić information content (AvgIpc) is 1.85. The van der Waals surface area contributed by atoms with Gasteiger partial charge in [0.1, 0.15) is 0 Å². The molecular formula is C8H14O3. The number of aliphatic carboxylic acids is 1. The number of rotatable bonds is 1. The molecule has 0 saturated carbocycles. The van der Waals surface area contributed by atoms with Crippen LogP contribution in [0.5, 0.6) is 0 Å². The third-order valence-corrected chi connectivity index (χ3v) is 2.02. The zero-order chi connectivity index (χ0) is 8.43. The van der Waals surface area contributed by atoms with Crippen molar-refractivity contribution in [2.24, 2.45) is 5.92 Å². The number of carbonyl (C=O) groups is 1. The molecule has 0 bridgehead atoms. The van der Waals surface area contributed by atoms with E-state index in [4.69, 9.17) is 9.84 Å². The normalized spacial score (nSPS) is 38.5. The van der Waals surface area contributed by atoms with Crippen molar-refractivity contribution in [3.63, 3.8) is 0 Å². The highest BCUT2D eigenvalue weighted by Crippen LogP contribution is 2.24. The molecule has 0 unspecified atom stereocenters. The van der Waals surface area contributed by atoms with E-state index >= 15 is 0 Å². The molecule has 0 aromatic carbocycles. The highest BCUT2D eigenvalue weighted by molar-refractivity contribution is 5.72. The Bertz CT molecular complexity index is 145. The minimum atomic E-state index is -0.830. The zero-order valence-electron chi connectivity index (χ0n) is 6.91. The van der Waals surface area contributed by atoms with Gasteiger partial charge in [-0.05, 0) is 25.7 Å². The highest BCUT2D eigenvalue weighted by Gasteiger charge is 2.28. The quantitative estimate of drug-likeness (QED) is 0.625. The van der Waals surface area contributed by atoms with Crippen LogP contribution in [0.1, 0.15) is 26.7 Å². The van der Waals surface area contributed by atoms with Gasteiger partial charge in [0.2, 0.25) is 0 Å². The fraction of sp³-hybridized carbons (Fsp3) is 0.875. The van der Waals surface area contributed by atoms with Crippen LogP contribution in [0.2, 0.25) is 0 Å². The summed E-state index contributed by atoms with van der Waals surface area (Å²) in [6.45, 7) is 3.99. The molecule has 0 spiro atoms. The number of hydrogen-bond acceptors (Lipinski definition) is 2. The molecular weight excluding hydrogens is 144 g/mol. The van der Waals surface area contributed by atoms with Crippen LogP contribution in [-0.2, 0) is 9.53 Å². The minimum Gasteiger partial charge on any atom is -0.479 e. The van der Waals surface area contributed by atoms with Gasteiger partial charge >= 0.3 is 5.97 Å². The third-order valence-electron chi connectivity index (χ3n) is 2.02. The Balaban J connectivity index is 2.49. The monoisotopic (exact) mass is 158 g/mol. The fourth-order valence-corrected chi connectivity index (χ4v) is 1.58. The third kappa shape index (κ3) is 2.19. The highest BCUT2D eigenvalue weighted by atomic mass is 16.5. The molecule has 11 heavy (non-hydrogen) atoms. The van der Waals surface area contributed by atoms with Gasteiger partial charge in [-0.25, -0.2) is 4.79 Å². The van der Waals surface area contributed by atoms with Gasteiger partial charge in [-0.1, -0.05) is 6.92 Å². The molecule has 3 heteroatoms. The Morgan fingerprint density at radius 2 is 2.09 bits per heavy atom. The van der Waals surface area contributed by atoms with Gasteiger partial charge in [-0.15, -0.1) is 0 Å². The first-order valence-corrected chi connectivity index (χ1v) is 3.98. The lowest BCUT2D eigenvalue weighted by molar-refractivity contribution is -0.160. The lowest BCUT2D eigenvalue weighted by Crippen LogP contribution is -2.35. The first kappa shape index (κ1) is 8.53. The van der Waals surface area contributed by atoms with E-state index in [1.54, 1.807) is 0 Å². The lowest BCUT2D eigenvalue weighted by atomic mass is 9.94. The largest absolute Gasteiger partial charge is 0.479 e. The minimum absolute atomic E-state index is 0.0971. The van der Waals surface area contributed by atoms with E-state index in [2.05, 4.69) is 6.92 Å². The predicted octanol–water partition coefficient (Wildman–Crippen LogP) is 1.27. The summed E-state index contributed by atoms with van der Waals surface area (Å²) in [6.07, 6.45) is 1.15. The molecule has 3 nitrogen and oxygen atoms in total. The van der Waals surface area contributed by atoms with Crippen LogP contribution in [0.4, 0.5) is 0 Å². The van der Waals surface area contributed by atoms with Crippen LogP contribution in [0.3, 0.4) is 0 Å². The second-order valence-electron chi connectivity index (χ2n) is 3.35. The number of ether oxygens (including phenoxy) is 1. The van der Waals surface area contributed by atoms with Crippen LogP contribution >= 0.6 is 0 Å². The van der Waals surface area contributed by atoms with E-state index < -0.39 is 12.1 Å². The summed E-state index contributed by atoms with van der Waals surface area (Å²) in [5.41, 5.74) is 0. The maximum absolute atomic E-state index is 10.5. The first-order valence-electron chi connectivity index (χ1n) is 3.98. The summed E-state index contributed by atoms with van der Waals surface area (Å²) >= 11 is 0. The maximum Gasteiger partial charge on any atom is 0.332 e. The number of carboxylic acid groups (broad SMARTS) is 1. The Kier molecular flexibility index (Phi) is 2.49. The molecule has 1 aliphatic rings. The standard InChI is InChI=1S/C8H14O3/c1-5-3-6(2)11-7(4-5)8(9)10/h5-7H,3-4H2,1-2H3,(H,9,10)/t5-,6+,7+/m1/s1. The Morgan fingerprint density at radius 3 is 2.55 bits per heavy atom. The Hall–Kier alpha value is -0.570. The smallest absolute Gasteiger partial charge is 0.332 e. The van der Waals surface area contributed by atoms with Crippen molar-refractivity contribution in [3.05, 3.63) is 0 Å². The van der Waals surface area contributed by atoms with Crippen LogP contribution < -0.4 is 0 Å². The summed E-state index contributed by atoms with van der Waals surface area (Å²) in [4.78, 5) is 10.5. The van der Waals surface area contributed by atoms with Crippen LogP contribution in [-0.4, -0.2) is 23.3 Å². The van der Waals surface area contributed by atoms with E-state index in [-0.39, 0.29) is 6.10 Å². The molecule has 1 N–H and O–H groups in total. The van der Waals surface area contributed by atoms with E-state index in [1.165, 1.54) is 0 Å². The van der Waals surface area contributed by atoms with Gasteiger partial charge in [0.05, 0.1) is 6.10 Å². The summed E-state index contributed by atoms with van der Waals surface area (Å²) < 4.78 is 5.22. The van der Waals surface area contributed by atoms with E-state index in [1.807, 2.05) is 6.92 Å². The summed E-state index contributed by atoms with van der Waals surface area (Å²) in [5, 5.41) is 8.65. The second-order valence-corrected chi connectivity index (χ2v) is 3.35. The lowest BCUT2D eigenvalue weighted by Gasteiger charge is -2.29. The first-order chi connectivity index (χ1) is 5.09. The van der Waals surface area contributed by atoms with Crippen molar-refractivity contribution < 1.29 is 14.6 Å². The maximum atomic E-state index is 10.5. The molecule has 0 amide bonds. The van der Waals surface area contributed by atoms with Gasteiger partial charge in [0.15, 0.2) is 6.10 Å². The second kappa shape index (κ2) is 3.22. The summed E-state index contributed by atoms with van der Waals surface area (Å²) in [5.74, 6) is -0.358. The number of carboxylic acids is 1. The Labute approximate surface area is 66.4 Å². The van der Waals surface area contributed by atoms with Crippen LogP contribution in [0, 0.1) is 5.92 Å². The van der Waals surface area contributed by atoms with Gasteiger partial charge in [-0.3, -0.25) is 0 Å². The molecule has 1 saturated heterocycles. The molecule has 3 atom stereocenters. The van der Waals surface area contributed by atoms with Gasteiger partial charge in [-0.2, -0.15) is 0 Å². The summed E-state index contributed by atoms with van der Waals surface area (Å²) in [6, 6.07) is 0. The van der Waals surface area contributed by atoms with E-state index in [0.29, 0.717) is 12.3 Å². The fourth-order valence-electron chi connectivity index (χ4n) is 1.58. The molecule has 1 fully saturated rings. The molecule has 64 valence electrons. The van der Waals surface area contributed by atoms with Crippen molar-refractivity contribution in [1.82, 2.24) is 0 Å². The van der Waals surface area contributed by atoms with Gasteiger partial charge in [0.25, 0.3) is 0 Å². The molecule has 0 radical (unpaired) electrons. The van der Waals surface area contributed by atoms with Crippen molar-refractivity contribution in [3.8, 4) is 0 Å². The van der Waals surface area contributed by atoms with Gasteiger partial charge in [0, 0.05) is 0 Å².